The monoisotopic (exact) mass is 495 g/mol. The van der Waals surface area contributed by atoms with Gasteiger partial charge < -0.3 is 14.6 Å². The molecule has 2 aromatic carbocycles. The predicted molar refractivity (Wildman–Crippen MR) is 139 cm³/mol. The van der Waals surface area contributed by atoms with Gasteiger partial charge in [0.05, 0.1) is 16.0 Å². The Morgan fingerprint density at radius 2 is 1.88 bits per heavy atom. The predicted octanol–water partition coefficient (Wildman–Crippen LogP) is 6.08. The van der Waals surface area contributed by atoms with Crippen LogP contribution >= 0.6 is 23.1 Å². The Hall–Kier alpha value is -2.91. The van der Waals surface area contributed by atoms with Crippen LogP contribution in [0.15, 0.2) is 53.7 Å². The lowest BCUT2D eigenvalue weighted by atomic mass is 9.87. The van der Waals surface area contributed by atoms with Gasteiger partial charge in [-0.05, 0) is 49.1 Å². The maximum Gasteiger partial charge on any atom is 0.236 e. The van der Waals surface area contributed by atoms with Crippen LogP contribution in [0.1, 0.15) is 52.1 Å². The second-order valence-corrected chi connectivity index (χ2v) is 10.9. The highest BCUT2D eigenvalue weighted by molar-refractivity contribution is 7.99. The lowest BCUT2D eigenvalue weighted by Gasteiger charge is -2.20. The number of hydrogen-bond acceptors (Lipinski definition) is 7. The zero-order chi connectivity index (χ0) is 24.3. The number of carbonyl (C=O) groups is 1. The number of thiazole rings is 1. The van der Waals surface area contributed by atoms with E-state index in [9.17, 15) is 4.79 Å². The number of amides is 1. The first-order valence-electron chi connectivity index (χ1n) is 11.2. The summed E-state index contributed by atoms with van der Waals surface area (Å²) < 4.78 is 9.17. The van der Waals surface area contributed by atoms with E-state index in [4.69, 9.17) is 4.74 Å². The van der Waals surface area contributed by atoms with Crippen LogP contribution < -0.4 is 10.1 Å². The van der Waals surface area contributed by atoms with Crippen molar-refractivity contribution in [1.82, 2.24) is 19.7 Å². The number of rotatable bonds is 8. The number of aromatic nitrogens is 4. The Balaban J connectivity index is 1.37. The van der Waals surface area contributed by atoms with E-state index in [1.54, 1.807) is 0 Å². The summed E-state index contributed by atoms with van der Waals surface area (Å²) in [5.41, 5.74) is 2.23. The summed E-state index contributed by atoms with van der Waals surface area (Å²) >= 11 is 2.82. The minimum absolute atomic E-state index is 0.0952. The molecule has 0 bridgehead atoms. The van der Waals surface area contributed by atoms with Crippen molar-refractivity contribution in [2.24, 2.45) is 0 Å². The van der Waals surface area contributed by atoms with Crippen LogP contribution in [0.3, 0.4) is 0 Å². The van der Waals surface area contributed by atoms with Gasteiger partial charge in [-0.25, -0.2) is 4.98 Å². The number of carbonyl (C=O) groups excluding carboxylic acids is 1. The molecule has 0 aliphatic rings. The molecule has 1 atom stereocenters. The molecular weight excluding hydrogens is 466 g/mol. The smallest absolute Gasteiger partial charge is 0.236 e. The van der Waals surface area contributed by atoms with Crippen molar-refractivity contribution < 1.29 is 9.53 Å². The normalized spacial score (nSPS) is 12.6. The Morgan fingerprint density at radius 1 is 1.15 bits per heavy atom. The molecule has 4 aromatic rings. The van der Waals surface area contributed by atoms with Crippen molar-refractivity contribution in [3.8, 4) is 5.75 Å². The summed E-state index contributed by atoms with van der Waals surface area (Å²) in [5, 5.41) is 12.8. The minimum atomic E-state index is -0.279. The zero-order valence-electron chi connectivity index (χ0n) is 20.0. The van der Waals surface area contributed by atoms with E-state index >= 15 is 0 Å². The van der Waals surface area contributed by atoms with Crippen molar-refractivity contribution in [2.75, 3.05) is 11.1 Å². The molecule has 7 nitrogen and oxygen atoms in total. The number of hydrogen-bond donors (Lipinski definition) is 1. The van der Waals surface area contributed by atoms with Crippen molar-refractivity contribution >= 4 is 44.4 Å². The molecule has 0 spiro atoms. The average Bonchev–Trinajstić information content (AvgIpc) is 3.40. The van der Waals surface area contributed by atoms with E-state index in [1.807, 2.05) is 54.8 Å². The molecule has 0 fully saturated rings. The van der Waals surface area contributed by atoms with E-state index in [1.165, 1.54) is 28.7 Å². The summed E-state index contributed by atoms with van der Waals surface area (Å²) in [7, 11) is 0. The third-order valence-electron chi connectivity index (χ3n) is 5.33. The van der Waals surface area contributed by atoms with E-state index in [0.717, 1.165) is 21.8 Å². The highest BCUT2D eigenvalue weighted by atomic mass is 32.2. The molecule has 2 aromatic heterocycles. The van der Waals surface area contributed by atoms with E-state index in [2.05, 4.69) is 53.4 Å². The van der Waals surface area contributed by atoms with Gasteiger partial charge >= 0.3 is 0 Å². The number of nitrogens with zero attached hydrogens (tertiary/aromatic N) is 4. The first-order chi connectivity index (χ1) is 16.2. The fourth-order valence-electron chi connectivity index (χ4n) is 3.51. The van der Waals surface area contributed by atoms with Gasteiger partial charge in [0, 0.05) is 6.54 Å². The lowest BCUT2D eigenvalue weighted by molar-refractivity contribution is -0.113. The topological polar surface area (TPSA) is 81.9 Å². The fraction of sp³-hybridized carbons (Fsp3) is 0.360. The number of fused-ring (bicyclic) bond motifs is 1. The van der Waals surface area contributed by atoms with E-state index < -0.39 is 0 Å². The van der Waals surface area contributed by atoms with Gasteiger partial charge in [0.2, 0.25) is 5.91 Å². The highest BCUT2D eigenvalue weighted by Crippen LogP contribution is 2.29. The Labute approximate surface area is 208 Å². The molecule has 0 aliphatic carbocycles. The van der Waals surface area contributed by atoms with Crippen LogP contribution in [0, 0.1) is 0 Å². The first kappa shape index (κ1) is 24.2. The summed E-state index contributed by atoms with van der Waals surface area (Å²) in [5.74, 6) is 1.61. The van der Waals surface area contributed by atoms with Crippen molar-refractivity contribution in [3.05, 3.63) is 59.9 Å². The summed E-state index contributed by atoms with van der Waals surface area (Å²) in [6.45, 7) is 11.2. The molecule has 0 aliphatic heterocycles. The molecule has 0 saturated heterocycles. The van der Waals surface area contributed by atoms with Crippen LogP contribution in [0.4, 0.5) is 5.13 Å². The van der Waals surface area contributed by atoms with Gasteiger partial charge in [-0.1, -0.05) is 68.1 Å². The van der Waals surface area contributed by atoms with Gasteiger partial charge in [0.15, 0.2) is 22.2 Å². The SMILES string of the molecule is CCn1c(SCC(=O)Nc2nc3ccccc3s2)nnc1C(C)Oc1ccc(C(C)(C)C)cc1. The van der Waals surface area contributed by atoms with Gasteiger partial charge in [0.25, 0.3) is 0 Å². The molecular formula is C25H29N5O2S2. The van der Waals surface area contributed by atoms with Crippen molar-refractivity contribution in [2.45, 2.75) is 57.8 Å². The fourth-order valence-corrected chi connectivity index (χ4v) is 5.20. The highest BCUT2D eigenvalue weighted by Gasteiger charge is 2.20. The minimum Gasteiger partial charge on any atom is -0.483 e. The zero-order valence-corrected chi connectivity index (χ0v) is 21.7. The quantitative estimate of drug-likeness (QED) is 0.299. The molecule has 9 heteroatoms. The summed E-state index contributed by atoms with van der Waals surface area (Å²) in [6.07, 6.45) is -0.279. The molecule has 178 valence electrons. The number of ether oxygens (including phenoxy) is 1. The standard InChI is InChI=1S/C25H29N5O2S2/c1-6-30-22(16(2)32-18-13-11-17(12-14-18)25(3,4)5)28-29-24(30)33-15-21(31)27-23-26-19-9-7-8-10-20(19)34-23/h7-14,16H,6,15H2,1-5H3,(H,26,27,31). The maximum atomic E-state index is 12.5. The summed E-state index contributed by atoms with van der Waals surface area (Å²) in [6, 6.07) is 16.0. The van der Waals surface area contributed by atoms with Crippen molar-refractivity contribution in [1.29, 1.82) is 0 Å². The largest absolute Gasteiger partial charge is 0.483 e. The van der Waals surface area contributed by atoms with Crippen molar-refractivity contribution in [3.63, 3.8) is 0 Å². The number of benzene rings is 2. The van der Waals surface area contributed by atoms with Crippen LogP contribution in [0.25, 0.3) is 10.2 Å². The maximum absolute atomic E-state index is 12.5. The Bertz CT molecular complexity index is 1240. The van der Waals surface area contributed by atoms with Crippen LogP contribution in [0.5, 0.6) is 5.75 Å². The van der Waals surface area contributed by atoms with Crippen LogP contribution in [0.2, 0.25) is 0 Å². The molecule has 1 amide bonds. The Kier molecular flexibility index (Phi) is 7.23. The molecule has 4 rings (SSSR count). The lowest BCUT2D eigenvalue weighted by Crippen LogP contribution is -2.15. The number of anilines is 1. The second-order valence-electron chi connectivity index (χ2n) is 8.94. The third kappa shape index (κ3) is 5.59. The van der Waals surface area contributed by atoms with Gasteiger partial charge in [-0.2, -0.15) is 0 Å². The number of thioether (sulfide) groups is 1. The average molecular weight is 496 g/mol. The van der Waals surface area contributed by atoms with Crippen LogP contribution in [-0.4, -0.2) is 31.4 Å². The molecule has 0 saturated carbocycles. The molecule has 34 heavy (non-hydrogen) atoms. The first-order valence-corrected chi connectivity index (χ1v) is 13.0. The van der Waals surface area contributed by atoms with Gasteiger partial charge in [-0.15, -0.1) is 10.2 Å². The second kappa shape index (κ2) is 10.1. The summed E-state index contributed by atoms with van der Waals surface area (Å²) in [4.78, 5) is 16.9. The van der Waals surface area contributed by atoms with E-state index in [0.29, 0.717) is 16.8 Å². The Morgan fingerprint density at radius 3 is 2.56 bits per heavy atom. The number of para-hydroxylation sites is 1. The number of nitrogens with one attached hydrogen (secondary N) is 1. The van der Waals surface area contributed by atoms with E-state index in [-0.39, 0.29) is 23.2 Å². The third-order valence-corrected chi connectivity index (χ3v) is 7.25. The molecule has 1 N–H and O–H groups in total. The molecule has 0 radical (unpaired) electrons. The molecule has 2 heterocycles. The van der Waals surface area contributed by atoms with Gasteiger partial charge in [-0.3, -0.25) is 4.79 Å². The van der Waals surface area contributed by atoms with Gasteiger partial charge in [0.1, 0.15) is 5.75 Å². The molecule has 1 unspecified atom stereocenters. The van der Waals surface area contributed by atoms with Crippen LogP contribution in [-0.2, 0) is 16.8 Å².